The molecule has 0 N–H and O–H groups in total. The van der Waals surface area contributed by atoms with Crippen LogP contribution >= 0.6 is 0 Å². The number of rotatable bonds is 4. The molecule has 2 nitrogen and oxygen atoms in total. The van der Waals surface area contributed by atoms with E-state index in [1.54, 1.807) is 0 Å². The smallest absolute Gasteiger partial charge is 0.293 e. The highest BCUT2D eigenvalue weighted by molar-refractivity contribution is 5.38. The second-order valence-corrected chi connectivity index (χ2v) is 5.72. The van der Waals surface area contributed by atoms with Crippen molar-refractivity contribution in [3.8, 4) is 0 Å². The van der Waals surface area contributed by atoms with Gasteiger partial charge in [0.25, 0.3) is 6.47 Å². The van der Waals surface area contributed by atoms with Crippen LogP contribution in [0.25, 0.3) is 0 Å². The Labute approximate surface area is 98.7 Å². The van der Waals surface area contributed by atoms with E-state index in [4.69, 9.17) is 4.74 Å². The van der Waals surface area contributed by atoms with E-state index in [0.29, 0.717) is 12.4 Å². The molecule has 0 saturated heterocycles. The van der Waals surface area contributed by atoms with Gasteiger partial charge in [0.05, 0.1) is 0 Å². The maximum atomic E-state index is 10.7. The lowest BCUT2D eigenvalue weighted by molar-refractivity contribution is -0.163. The van der Waals surface area contributed by atoms with Crippen LogP contribution in [0.1, 0.15) is 58.8 Å². The molecule has 0 heterocycles. The molecule has 0 aromatic carbocycles. The number of fused-ring (bicyclic) bond motifs is 2. The Morgan fingerprint density at radius 2 is 2.12 bits per heavy atom. The lowest BCUT2D eigenvalue weighted by Crippen LogP contribution is -2.48. The standard InChI is InChI=1S/C14H24O2/c1-3-11-7-12-5-6-14(4-2,16-10-15)13(8-11)9-12/h10-13H,3-9H2,1-2H3. The minimum absolute atomic E-state index is 0.119. The summed E-state index contributed by atoms with van der Waals surface area (Å²) in [5, 5.41) is 0. The summed E-state index contributed by atoms with van der Waals surface area (Å²) in [5.74, 6) is 2.39. The van der Waals surface area contributed by atoms with E-state index in [9.17, 15) is 4.79 Å². The third-order valence-electron chi connectivity index (χ3n) is 5.08. The Kier molecular flexibility index (Phi) is 3.56. The van der Waals surface area contributed by atoms with Gasteiger partial charge in [-0.15, -0.1) is 0 Å². The van der Waals surface area contributed by atoms with Gasteiger partial charge < -0.3 is 4.74 Å². The van der Waals surface area contributed by atoms with Crippen LogP contribution in [0.2, 0.25) is 0 Å². The zero-order valence-corrected chi connectivity index (χ0v) is 10.6. The van der Waals surface area contributed by atoms with Gasteiger partial charge in [-0.2, -0.15) is 0 Å². The number of carbonyl (C=O) groups excluding carboxylic acids is 1. The van der Waals surface area contributed by atoms with Crippen LogP contribution in [0.4, 0.5) is 0 Å². The molecule has 2 heteroatoms. The van der Waals surface area contributed by atoms with Crippen LogP contribution in [0.15, 0.2) is 0 Å². The lowest BCUT2D eigenvalue weighted by Gasteiger charge is -2.49. The molecule has 2 rings (SSSR count). The van der Waals surface area contributed by atoms with Crippen LogP contribution in [-0.4, -0.2) is 12.1 Å². The molecule has 2 aliphatic carbocycles. The zero-order chi connectivity index (χ0) is 11.6. The lowest BCUT2D eigenvalue weighted by atomic mass is 9.60. The van der Waals surface area contributed by atoms with Gasteiger partial charge >= 0.3 is 0 Å². The molecule has 2 bridgehead atoms. The fourth-order valence-corrected chi connectivity index (χ4v) is 4.02. The number of hydrogen-bond acceptors (Lipinski definition) is 2. The first-order chi connectivity index (χ1) is 7.74. The first-order valence-electron chi connectivity index (χ1n) is 6.85. The summed E-state index contributed by atoms with van der Waals surface area (Å²) >= 11 is 0. The molecule has 2 saturated carbocycles. The Hall–Kier alpha value is -0.530. The van der Waals surface area contributed by atoms with Crippen molar-refractivity contribution in [2.24, 2.45) is 17.8 Å². The Bertz CT molecular complexity index is 251. The van der Waals surface area contributed by atoms with Crippen molar-refractivity contribution in [1.82, 2.24) is 0 Å². The summed E-state index contributed by atoms with van der Waals surface area (Å²) in [6.07, 6.45) is 8.59. The third-order valence-corrected chi connectivity index (χ3v) is 5.08. The van der Waals surface area contributed by atoms with Crippen LogP contribution in [0.5, 0.6) is 0 Å². The summed E-state index contributed by atoms with van der Waals surface area (Å²) in [4.78, 5) is 10.7. The van der Waals surface area contributed by atoms with E-state index in [1.165, 1.54) is 32.1 Å². The fourth-order valence-electron chi connectivity index (χ4n) is 4.02. The van der Waals surface area contributed by atoms with Gasteiger partial charge in [0.15, 0.2) is 0 Å². The molecule has 2 fully saturated rings. The van der Waals surface area contributed by atoms with Crippen molar-refractivity contribution in [3.05, 3.63) is 0 Å². The Morgan fingerprint density at radius 1 is 1.31 bits per heavy atom. The molecule has 2 aliphatic rings. The molecule has 0 aromatic rings. The average molecular weight is 224 g/mol. The zero-order valence-electron chi connectivity index (χ0n) is 10.6. The molecule has 4 unspecified atom stereocenters. The van der Waals surface area contributed by atoms with E-state index in [-0.39, 0.29) is 5.60 Å². The summed E-state index contributed by atoms with van der Waals surface area (Å²) < 4.78 is 5.52. The highest BCUT2D eigenvalue weighted by atomic mass is 16.5. The van der Waals surface area contributed by atoms with E-state index in [0.717, 1.165) is 24.7 Å². The molecule has 0 radical (unpaired) electrons. The highest BCUT2D eigenvalue weighted by Crippen LogP contribution is 2.50. The summed E-state index contributed by atoms with van der Waals surface area (Å²) in [6, 6.07) is 0. The van der Waals surface area contributed by atoms with Gasteiger partial charge in [0.1, 0.15) is 5.60 Å². The Morgan fingerprint density at radius 3 is 2.75 bits per heavy atom. The second-order valence-electron chi connectivity index (χ2n) is 5.72. The molecule has 0 spiro atoms. The van der Waals surface area contributed by atoms with Crippen molar-refractivity contribution in [3.63, 3.8) is 0 Å². The van der Waals surface area contributed by atoms with E-state index in [2.05, 4.69) is 13.8 Å². The molecule has 16 heavy (non-hydrogen) atoms. The first kappa shape index (κ1) is 11.9. The molecule has 0 aromatic heterocycles. The van der Waals surface area contributed by atoms with Crippen molar-refractivity contribution < 1.29 is 9.53 Å². The maximum Gasteiger partial charge on any atom is 0.293 e. The Balaban J connectivity index is 2.13. The first-order valence-corrected chi connectivity index (χ1v) is 6.85. The predicted molar refractivity (Wildman–Crippen MR) is 64.0 cm³/mol. The molecule has 0 aliphatic heterocycles. The van der Waals surface area contributed by atoms with Crippen LogP contribution in [0, 0.1) is 17.8 Å². The van der Waals surface area contributed by atoms with Crippen molar-refractivity contribution in [1.29, 1.82) is 0 Å². The average Bonchev–Trinajstić information content (AvgIpc) is 2.33. The van der Waals surface area contributed by atoms with Crippen molar-refractivity contribution in [2.75, 3.05) is 0 Å². The normalized spacial score (nSPS) is 42.8. The minimum Gasteiger partial charge on any atom is -0.461 e. The largest absolute Gasteiger partial charge is 0.461 e. The maximum absolute atomic E-state index is 10.7. The third kappa shape index (κ3) is 1.99. The van der Waals surface area contributed by atoms with Crippen LogP contribution in [0.3, 0.4) is 0 Å². The monoisotopic (exact) mass is 224 g/mol. The van der Waals surface area contributed by atoms with Gasteiger partial charge in [0.2, 0.25) is 0 Å². The van der Waals surface area contributed by atoms with Gasteiger partial charge in [-0.25, -0.2) is 0 Å². The van der Waals surface area contributed by atoms with E-state index >= 15 is 0 Å². The minimum atomic E-state index is -0.119. The van der Waals surface area contributed by atoms with Gasteiger partial charge in [-0.05, 0) is 56.3 Å². The number of hydrogen-bond donors (Lipinski definition) is 0. The molecule has 0 amide bonds. The van der Waals surface area contributed by atoms with E-state index in [1.807, 2.05) is 0 Å². The molecular formula is C14H24O2. The summed E-state index contributed by atoms with van der Waals surface area (Å²) in [7, 11) is 0. The fraction of sp³-hybridized carbons (Fsp3) is 0.929. The van der Waals surface area contributed by atoms with Crippen molar-refractivity contribution >= 4 is 6.47 Å². The summed E-state index contributed by atoms with van der Waals surface area (Å²) in [6.45, 7) is 5.14. The summed E-state index contributed by atoms with van der Waals surface area (Å²) in [5.41, 5.74) is -0.119. The second kappa shape index (κ2) is 4.77. The number of carbonyl (C=O) groups is 1. The predicted octanol–water partition coefficient (Wildman–Crippen LogP) is 3.54. The van der Waals surface area contributed by atoms with E-state index < -0.39 is 0 Å². The van der Waals surface area contributed by atoms with Gasteiger partial charge in [0, 0.05) is 0 Å². The van der Waals surface area contributed by atoms with Crippen LogP contribution in [-0.2, 0) is 9.53 Å². The SMILES string of the molecule is CCC1CC2CCC(CC)(OC=O)C(C1)C2. The highest BCUT2D eigenvalue weighted by Gasteiger charge is 2.47. The van der Waals surface area contributed by atoms with Gasteiger partial charge in [-0.1, -0.05) is 20.3 Å². The number of ether oxygens (including phenoxy) is 1. The topological polar surface area (TPSA) is 26.3 Å². The molecule has 4 atom stereocenters. The van der Waals surface area contributed by atoms with Crippen molar-refractivity contribution in [2.45, 2.75) is 64.4 Å². The molecular weight excluding hydrogens is 200 g/mol. The molecule has 92 valence electrons. The van der Waals surface area contributed by atoms with Crippen LogP contribution < -0.4 is 0 Å². The quantitative estimate of drug-likeness (QED) is 0.683. The van der Waals surface area contributed by atoms with Gasteiger partial charge in [-0.3, -0.25) is 4.79 Å².